The molecule has 4 heterocycles. The molecule has 0 bridgehead atoms. The first kappa shape index (κ1) is 21.9. The summed E-state index contributed by atoms with van der Waals surface area (Å²) in [5.41, 5.74) is 8.30. The van der Waals surface area contributed by atoms with Gasteiger partial charge in [-0.15, -0.1) is 0 Å². The highest BCUT2D eigenvalue weighted by molar-refractivity contribution is 5.90. The average molecular weight is 491 g/mol. The van der Waals surface area contributed by atoms with Crippen LogP contribution in [0.1, 0.15) is 0 Å². The SMILES string of the molecule is c1cnc2c(-n3cnc4ccccc43)cccc2c1.c1cnc2c(-n3cnc4ccccc43)cccc2c1. The first-order valence-electron chi connectivity index (χ1n) is 12.4. The van der Waals surface area contributed by atoms with E-state index in [2.05, 4.69) is 77.6 Å². The second-order valence-electron chi connectivity index (χ2n) is 8.91. The van der Waals surface area contributed by atoms with Crippen molar-refractivity contribution in [2.75, 3.05) is 0 Å². The summed E-state index contributed by atoms with van der Waals surface area (Å²) in [4.78, 5) is 17.9. The summed E-state index contributed by atoms with van der Waals surface area (Å²) in [7, 11) is 0. The predicted octanol–water partition coefficient (Wildman–Crippen LogP) is 7.15. The van der Waals surface area contributed by atoms with Gasteiger partial charge in [-0.2, -0.15) is 0 Å². The van der Waals surface area contributed by atoms with E-state index in [9.17, 15) is 0 Å². The van der Waals surface area contributed by atoms with E-state index in [4.69, 9.17) is 0 Å². The number of benzene rings is 4. The van der Waals surface area contributed by atoms with Gasteiger partial charge in [0.1, 0.15) is 12.7 Å². The maximum Gasteiger partial charge on any atom is 0.100 e. The topological polar surface area (TPSA) is 61.4 Å². The Bertz CT molecular complexity index is 1890. The molecule has 8 rings (SSSR count). The van der Waals surface area contributed by atoms with Crippen LogP contribution in [0.3, 0.4) is 0 Å². The summed E-state index contributed by atoms with van der Waals surface area (Å²) in [5, 5.41) is 2.27. The van der Waals surface area contributed by atoms with Crippen LogP contribution in [0.2, 0.25) is 0 Å². The van der Waals surface area contributed by atoms with E-state index < -0.39 is 0 Å². The molecule has 0 atom stereocenters. The predicted molar refractivity (Wildman–Crippen MR) is 153 cm³/mol. The molecule has 8 aromatic rings. The second-order valence-corrected chi connectivity index (χ2v) is 8.91. The Balaban J connectivity index is 0.000000127. The molecule has 0 unspecified atom stereocenters. The fourth-order valence-corrected chi connectivity index (χ4v) is 4.87. The van der Waals surface area contributed by atoms with Crippen molar-refractivity contribution in [2.45, 2.75) is 0 Å². The number of hydrogen-bond acceptors (Lipinski definition) is 4. The summed E-state index contributed by atoms with van der Waals surface area (Å²) in [6.45, 7) is 0. The fourth-order valence-electron chi connectivity index (χ4n) is 4.87. The zero-order valence-electron chi connectivity index (χ0n) is 20.4. The highest BCUT2D eigenvalue weighted by Gasteiger charge is 2.09. The van der Waals surface area contributed by atoms with Crippen LogP contribution in [0, 0.1) is 0 Å². The quantitative estimate of drug-likeness (QED) is 0.258. The van der Waals surface area contributed by atoms with Crippen LogP contribution in [-0.4, -0.2) is 29.1 Å². The molecule has 38 heavy (non-hydrogen) atoms. The van der Waals surface area contributed by atoms with Crippen LogP contribution in [0.4, 0.5) is 0 Å². The van der Waals surface area contributed by atoms with Crippen LogP contribution >= 0.6 is 0 Å². The zero-order chi connectivity index (χ0) is 25.3. The normalized spacial score (nSPS) is 11.2. The lowest BCUT2D eigenvalue weighted by Gasteiger charge is -2.07. The molecule has 0 saturated heterocycles. The summed E-state index contributed by atoms with van der Waals surface area (Å²) < 4.78 is 4.18. The highest BCUT2D eigenvalue weighted by atomic mass is 15.1. The van der Waals surface area contributed by atoms with Gasteiger partial charge < -0.3 is 0 Å². The summed E-state index contributed by atoms with van der Waals surface area (Å²) in [6, 6.07) is 36.7. The van der Waals surface area contributed by atoms with E-state index in [0.29, 0.717) is 0 Å². The smallest absolute Gasteiger partial charge is 0.100 e. The van der Waals surface area contributed by atoms with Crippen LogP contribution < -0.4 is 0 Å². The molecule has 0 aliphatic rings. The first-order valence-corrected chi connectivity index (χ1v) is 12.4. The standard InChI is InChI=1S/2C16H11N3/c2*1-2-8-14-13(7-1)18-11-19(14)15-9-3-5-12-6-4-10-17-16(12)15/h2*1-11H. The molecule has 0 fully saturated rings. The molecule has 180 valence electrons. The molecule has 6 heteroatoms. The molecular formula is C32H22N6. The van der Waals surface area contributed by atoms with Crippen molar-refractivity contribution in [3.8, 4) is 11.4 Å². The number of pyridine rings is 2. The number of hydrogen-bond donors (Lipinski definition) is 0. The summed E-state index contributed by atoms with van der Waals surface area (Å²) >= 11 is 0. The Labute approximate surface area is 218 Å². The van der Waals surface area contributed by atoms with Crippen molar-refractivity contribution in [3.05, 3.63) is 134 Å². The molecule has 0 N–H and O–H groups in total. The number of fused-ring (bicyclic) bond motifs is 4. The molecule has 0 radical (unpaired) electrons. The Morgan fingerprint density at radius 1 is 0.395 bits per heavy atom. The van der Waals surface area contributed by atoms with Crippen LogP contribution in [0.15, 0.2) is 134 Å². The van der Waals surface area contributed by atoms with Crippen LogP contribution in [0.25, 0.3) is 55.2 Å². The number of para-hydroxylation sites is 6. The zero-order valence-corrected chi connectivity index (χ0v) is 20.4. The minimum atomic E-state index is 0.994. The maximum absolute atomic E-state index is 4.50. The van der Waals surface area contributed by atoms with Gasteiger partial charge in [0, 0.05) is 23.2 Å². The highest BCUT2D eigenvalue weighted by Crippen LogP contribution is 2.25. The second kappa shape index (κ2) is 9.26. The van der Waals surface area contributed by atoms with Gasteiger partial charge in [-0.05, 0) is 48.5 Å². The molecule has 4 aromatic carbocycles. The third-order valence-corrected chi connectivity index (χ3v) is 6.65. The summed E-state index contributed by atoms with van der Waals surface area (Å²) in [5.74, 6) is 0. The van der Waals surface area contributed by atoms with Crippen LogP contribution in [0.5, 0.6) is 0 Å². The van der Waals surface area contributed by atoms with E-state index in [1.54, 1.807) is 0 Å². The van der Waals surface area contributed by atoms with Crippen molar-refractivity contribution in [2.24, 2.45) is 0 Å². The van der Waals surface area contributed by atoms with E-state index >= 15 is 0 Å². The van der Waals surface area contributed by atoms with Gasteiger partial charge in [0.2, 0.25) is 0 Å². The lowest BCUT2D eigenvalue weighted by Crippen LogP contribution is -1.94. The number of aromatic nitrogens is 6. The molecular weight excluding hydrogens is 468 g/mol. The van der Waals surface area contributed by atoms with E-state index in [0.717, 1.165) is 55.2 Å². The molecule has 0 aliphatic heterocycles. The number of nitrogens with zero attached hydrogens (tertiary/aromatic N) is 6. The molecule has 0 amide bonds. The lowest BCUT2D eigenvalue weighted by molar-refractivity contribution is 1.10. The molecule has 6 nitrogen and oxygen atoms in total. The largest absolute Gasteiger partial charge is 0.297 e. The Morgan fingerprint density at radius 3 is 1.34 bits per heavy atom. The van der Waals surface area contributed by atoms with Crippen molar-refractivity contribution in [3.63, 3.8) is 0 Å². The van der Waals surface area contributed by atoms with Gasteiger partial charge in [-0.25, -0.2) is 9.97 Å². The fraction of sp³-hybridized carbons (Fsp3) is 0. The van der Waals surface area contributed by atoms with Crippen molar-refractivity contribution in [1.29, 1.82) is 0 Å². The number of imidazole rings is 2. The Morgan fingerprint density at radius 2 is 0.842 bits per heavy atom. The van der Waals surface area contributed by atoms with Crippen molar-refractivity contribution in [1.82, 2.24) is 29.1 Å². The molecule has 0 spiro atoms. The Hall–Kier alpha value is -5.36. The van der Waals surface area contributed by atoms with E-state index in [-0.39, 0.29) is 0 Å². The van der Waals surface area contributed by atoms with Crippen molar-refractivity contribution < 1.29 is 0 Å². The third-order valence-electron chi connectivity index (χ3n) is 6.65. The third kappa shape index (κ3) is 3.76. The van der Waals surface area contributed by atoms with Gasteiger partial charge in [0.15, 0.2) is 0 Å². The minimum absolute atomic E-state index is 0.994. The van der Waals surface area contributed by atoms with Gasteiger partial charge in [-0.3, -0.25) is 19.1 Å². The molecule has 4 aromatic heterocycles. The minimum Gasteiger partial charge on any atom is -0.297 e. The van der Waals surface area contributed by atoms with E-state index in [1.165, 1.54) is 0 Å². The van der Waals surface area contributed by atoms with Crippen LogP contribution in [-0.2, 0) is 0 Å². The Kier molecular flexibility index (Phi) is 5.33. The summed E-state index contributed by atoms with van der Waals surface area (Å²) in [6.07, 6.45) is 7.36. The van der Waals surface area contributed by atoms with Gasteiger partial charge >= 0.3 is 0 Å². The number of rotatable bonds is 2. The van der Waals surface area contributed by atoms with Gasteiger partial charge in [0.05, 0.1) is 44.5 Å². The van der Waals surface area contributed by atoms with Gasteiger partial charge in [0.25, 0.3) is 0 Å². The molecule has 0 saturated carbocycles. The molecule has 0 aliphatic carbocycles. The lowest BCUT2D eigenvalue weighted by atomic mass is 10.2. The van der Waals surface area contributed by atoms with Crippen molar-refractivity contribution >= 4 is 43.9 Å². The first-order chi connectivity index (χ1) is 18.9. The average Bonchev–Trinajstić information content (AvgIpc) is 3.62. The van der Waals surface area contributed by atoms with E-state index in [1.807, 2.05) is 85.7 Å². The van der Waals surface area contributed by atoms with Gasteiger partial charge in [-0.1, -0.05) is 60.7 Å². The monoisotopic (exact) mass is 490 g/mol. The maximum atomic E-state index is 4.50.